The Balaban J connectivity index is 1.22. The van der Waals surface area contributed by atoms with Crippen molar-refractivity contribution in [1.29, 1.82) is 0 Å². The van der Waals surface area contributed by atoms with Gasteiger partial charge >= 0.3 is 0 Å². The number of unbranched alkanes of at least 4 members (excludes halogenated alkanes) is 2. The van der Waals surface area contributed by atoms with Gasteiger partial charge < -0.3 is 18.6 Å². The number of aldehydes is 2. The number of rotatable bonds is 10. The predicted molar refractivity (Wildman–Crippen MR) is 117 cm³/mol. The average Bonchev–Trinajstić information content (AvgIpc) is 3.28. The molecule has 0 aliphatic rings. The molecule has 4 aromatic heterocycles. The van der Waals surface area contributed by atoms with E-state index >= 15 is 0 Å². The number of ether oxygens (including phenoxy) is 2. The van der Waals surface area contributed by atoms with Crippen LogP contribution in [0, 0.1) is 0 Å². The van der Waals surface area contributed by atoms with Gasteiger partial charge in [-0.2, -0.15) is 0 Å². The third-order valence-electron chi connectivity index (χ3n) is 5.22. The number of carbonyl (C=O) groups excluding carboxylic acids is 2. The quantitative estimate of drug-likeness (QED) is 0.287. The molecule has 0 aromatic carbocycles. The van der Waals surface area contributed by atoms with E-state index in [4.69, 9.17) is 9.47 Å². The first-order valence-electron chi connectivity index (χ1n) is 10.2. The summed E-state index contributed by atoms with van der Waals surface area (Å²) >= 11 is 0. The average molecular weight is 420 g/mol. The Morgan fingerprint density at radius 3 is 1.65 bits per heavy atom. The van der Waals surface area contributed by atoms with Crippen LogP contribution in [0.2, 0.25) is 0 Å². The molecular formula is C23H24N4O4. The molecule has 0 aliphatic carbocycles. The first-order chi connectivity index (χ1) is 15.1. The van der Waals surface area contributed by atoms with E-state index in [9.17, 15) is 9.59 Å². The molecule has 0 saturated carbocycles. The minimum atomic E-state index is 0.566. The van der Waals surface area contributed by atoms with E-state index < -0.39 is 0 Å². The molecule has 0 N–H and O–H groups in total. The van der Waals surface area contributed by atoms with Crippen LogP contribution in [0.5, 0.6) is 11.5 Å². The number of carbonyl (C=O) groups is 2. The van der Waals surface area contributed by atoms with Gasteiger partial charge in [0.1, 0.15) is 22.8 Å². The zero-order valence-electron chi connectivity index (χ0n) is 17.6. The topological polar surface area (TPSA) is 88.2 Å². The maximum absolute atomic E-state index is 11.2. The second-order valence-electron chi connectivity index (χ2n) is 7.47. The van der Waals surface area contributed by atoms with Gasteiger partial charge in [0, 0.05) is 48.4 Å². The molecule has 4 heterocycles. The highest BCUT2D eigenvalue weighted by Gasteiger charge is 2.10. The Bertz CT molecular complexity index is 1150. The SMILES string of the molecule is Cn1cc(C=O)c2cc(OCCCCCOc3cnc4c(c3)c(C=O)cn4C)cnc21. The predicted octanol–water partition coefficient (Wildman–Crippen LogP) is 3.71. The van der Waals surface area contributed by atoms with Crippen LogP contribution in [0.1, 0.15) is 40.0 Å². The standard InChI is InChI=1S/C23H24N4O4/c1-26-12-16(14-28)20-8-18(10-24-22(20)26)30-6-4-3-5-7-31-19-9-21-17(15-29)13-27(2)23(21)25-11-19/h8-15H,3-7H2,1-2H3. The Hall–Kier alpha value is -3.68. The van der Waals surface area contributed by atoms with Crippen molar-refractivity contribution in [3.8, 4) is 11.5 Å². The monoisotopic (exact) mass is 420 g/mol. The molecule has 4 rings (SSSR count). The van der Waals surface area contributed by atoms with Crippen molar-refractivity contribution in [1.82, 2.24) is 19.1 Å². The third-order valence-corrected chi connectivity index (χ3v) is 5.22. The van der Waals surface area contributed by atoms with Crippen molar-refractivity contribution >= 4 is 34.6 Å². The van der Waals surface area contributed by atoms with Gasteiger partial charge in [-0.15, -0.1) is 0 Å². The van der Waals surface area contributed by atoms with Crippen LogP contribution in [-0.4, -0.2) is 44.9 Å². The van der Waals surface area contributed by atoms with E-state index in [1.54, 1.807) is 24.8 Å². The normalized spacial score (nSPS) is 11.2. The van der Waals surface area contributed by atoms with Gasteiger partial charge in [-0.25, -0.2) is 9.97 Å². The smallest absolute Gasteiger partial charge is 0.152 e. The molecule has 0 radical (unpaired) electrons. The Kier molecular flexibility index (Phi) is 5.97. The van der Waals surface area contributed by atoms with Crippen LogP contribution in [0.3, 0.4) is 0 Å². The lowest BCUT2D eigenvalue weighted by molar-refractivity contribution is 0.111. The molecule has 8 nitrogen and oxygen atoms in total. The molecule has 160 valence electrons. The number of aromatic nitrogens is 4. The van der Waals surface area contributed by atoms with Crippen molar-refractivity contribution in [3.05, 3.63) is 48.0 Å². The van der Waals surface area contributed by atoms with Gasteiger partial charge in [-0.3, -0.25) is 9.59 Å². The summed E-state index contributed by atoms with van der Waals surface area (Å²) in [7, 11) is 3.72. The first kappa shape index (κ1) is 20.6. The second-order valence-corrected chi connectivity index (χ2v) is 7.47. The highest BCUT2D eigenvalue weighted by molar-refractivity contribution is 5.97. The van der Waals surface area contributed by atoms with Gasteiger partial charge in [0.25, 0.3) is 0 Å². The zero-order valence-corrected chi connectivity index (χ0v) is 17.6. The summed E-state index contributed by atoms with van der Waals surface area (Å²) in [6.45, 7) is 1.13. The lowest BCUT2D eigenvalue weighted by Gasteiger charge is -2.08. The third kappa shape index (κ3) is 4.28. The molecule has 0 amide bonds. The Labute approximate surface area is 179 Å². The number of aryl methyl sites for hydroxylation is 2. The second kappa shape index (κ2) is 8.99. The first-order valence-corrected chi connectivity index (χ1v) is 10.2. The van der Waals surface area contributed by atoms with E-state index in [2.05, 4.69) is 9.97 Å². The van der Waals surface area contributed by atoms with Crippen molar-refractivity contribution in [2.45, 2.75) is 19.3 Å². The van der Waals surface area contributed by atoms with Gasteiger partial charge in [0.2, 0.25) is 0 Å². The van der Waals surface area contributed by atoms with Crippen molar-refractivity contribution < 1.29 is 19.1 Å². The molecule has 0 saturated heterocycles. The summed E-state index contributed by atoms with van der Waals surface area (Å²) in [5.41, 5.74) is 2.73. The van der Waals surface area contributed by atoms with Crippen LogP contribution in [0.4, 0.5) is 0 Å². The Morgan fingerprint density at radius 1 is 0.774 bits per heavy atom. The van der Waals surface area contributed by atoms with Crippen LogP contribution in [0.15, 0.2) is 36.9 Å². The largest absolute Gasteiger partial charge is 0.492 e. The fourth-order valence-electron chi connectivity index (χ4n) is 3.65. The Morgan fingerprint density at radius 2 is 1.23 bits per heavy atom. The minimum Gasteiger partial charge on any atom is -0.492 e. The summed E-state index contributed by atoms with van der Waals surface area (Å²) < 4.78 is 15.2. The number of hydrogen-bond acceptors (Lipinski definition) is 6. The molecule has 0 aliphatic heterocycles. The van der Waals surface area contributed by atoms with Gasteiger partial charge in [-0.1, -0.05) is 0 Å². The lowest BCUT2D eigenvalue weighted by atomic mass is 10.2. The van der Waals surface area contributed by atoms with E-state index in [-0.39, 0.29) is 0 Å². The maximum Gasteiger partial charge on any atom is 0.152 e. The minimum absolute atomic E-state index is 0.566. The van der Waals surface area contributed by atoms with Crippen LogP contribution >= 0.6 is 0 Å². The fraction of sp³-hybridized carbons (Fsp3) is 0.304. The van der Waals surface area contributed by atoms with Gasteiger partial charge in [0.05, 0.1) is 25.6 Å². The van der Waals surface area contributed by atoms with Gasteiger partial charge in [-0.05, 0) is 31.4 Å². The lowest BCUT2D eigenvalue weighted by Crippen LogP contribution is -2.01. The number of nitrogens with zero attached hydrogens (tertiary/aromatic N) is 4. The highest BCUT2D eigenvalue weighted by atomic mass is 16.5. The fourth-order valence-corrected chi connectivity index (χ4v) is 3.65. The maximum atomic E-state index is 11.2. The van der Waals surface area contributed by atoms with E-state index in [0.29, 0.717) is 35.8 Å². The molecule has 0 bridgehead atoms. The molecule has 4 aromatic rings. The van der Waals surface area contributed by atoms with Crippen LogP contribution in [0.25, 0.3) is 22.1 Å². The van der Waals surface area contributed by atoms with E-state index in [1.165, 1.54) is 0 Å². The molecule has 31 heavy (non-hydrogen) atoms. The summed E-state index contributed by atoms with van der Waals surface area (Å²) in [6, 6.07) is 3.71. The van der Waals surface area contributed by atoms with Crippen LogP contribution < -0.4 is 9.47 Å². The molecule has 0 atom stereocenters. The number of fused-ring (bicyclic) bond motifs is 2. The molecular weight excluding hydrogens is 396 g/mol. The zero-order chi connectivity index (χ0) is 21.8. The molecule has 0 fully saturated rings. The van der Waals surface area contributed by atoms with E-state index in [1.807, 2.05) is 35.4 Å². The summed E-state index contributed by atoms with van der Waals surface area (Å²) in [5.74, 6) is 1.32. The molecule has 0 unspecified atom stereocenters. The van der Waals surface area contributed by atoms with E-state index in [0.717, 1.165) is 53.9 Å². The highest BCUT2D eigenvalue weighted by Crippen LogP contribution is 2.23. The summed E-state index contributed by atoms with van der Waals surface area (Å²) in [6.07, 6.45) is 11.3. The van der Waals surface area contributed by atoms with Crippen molar-refractivity contribution in [3.63, 3.8) is 0 Å². The van der Waals surface area contributed by atoms with Crippen LogP contribution in [-0.2, 0) is 14.1 Å². The summed E-state index contributed by atoms with van der Waals surface area (Å²) in [4.78, 5) is 31.1. The van der Waals surface area contributed by atoms with Crippen molar-refractivity contribution in [2.75, 3.05) is 13.2 Å². The number of pyridine rings is 2. The number of hydrogen-bond donors (Lipinski definition) is 0. The summed E-state index contributed by atoms with van der Waals surface area (Å²) in [5, 5.41) is 1.59. The van der Waals surface area contributed by atoms with Crippen molar-refractivity contribution in [2.24, 2.45) is 14.1 Å². The molecule has 0 spiro atoms. The molecule has 8 heteroatoms. The van der Waals surface area contributed by atoms with Gasteiger partial charge in [0.15, 0.2) is 12.6 Å².